The molecule has 1 rings (SSSR count). The van der Waals surface area contributed by atoms with E-state index in [9.17, 15) is 28.8 Å². The average molecular weight is 546 g/mol. The van der Waals surface area contributed by atoms with Crippen molar-refractivity contribution in [3.63, 3.8) is 0 Å². The molecule has 0 saturated heterocycles. The predicted octanol–water partition coefficient (Wildman–Crippen LogP) is -2.64. The van der Waals surface area contributed by atoms with E-state index in [4.69, 9.17) is 15.9 Å². The molecule has 4 atom stereocenters. The van der Waals surface area contributed by atoms with Crippen LogP contribution in [0.3, 0.4) is 0 Å². The molecule has 14 heteroatoms. The fourth-order valence-electron chi connectivity index (χ4n) is 3.80. The van der Waals surface area contributed by atoms with Gasteiger partial charge in [0.15, 0.2) is 5.78 Å². The standard InChI is InChI=1S/C23H39N5O8S/c1-14(31)27-17(23(36)26-9-11-30)13-37-19-12-18(32)15(21(19)34)5-6-20(33)28-16(4-2-3-7-24)22(35)25-8-10-29/h15-17,19,29-30H,2-13,24H2,1H3,(H,25,35)(H,26,36)(H,27,31)(H,28,33). The third kappa shape index (κ3) is 12.0. The molecule has 0 heterocycles. The first kappa shape index (κ1) is 32.5. The molecule has 37 heavy (non-hydrogen) atoms. The van der Waals surface area contributed by atoms with Crippen LogP contribution in [0.15, 0.2) is 0 Å². The molecule has 1 fully saturated rings. The second-order valence-corrected chi connectivity index (χ2v) is 9.91. The molecule has 0 aromatic carbocycles. The van der Waals surface area contributed by atoms with Gasteiger partial charge < -0.3 is 37.2 Å². The first-order chi connectivity index (χ1) is 17.6. The van der Waals surface area contributed by atoms with E-state index < -0.39 is 46.9 Å². The third-order valence-corrected chi connectivity index (χ3v) is 7.00. The van der Waals surface area contributed by atoms with E-state index in [1.165, 1.54) is 6.92 Å². The number of aliphatic hydroxyl groups excluding tert-OH is 2. The number of aliphatic hydroxyl groups is 2. The van der Waals surface area contributed by atoms with E-state index in [0.717, 1.165) is 11.8 Å². The topological polar surface area (TPSA) is 217 Å². The molecule has 0 radical (unpaired) electrons. The van der Waals surface area contributed by atoms with Crippen LogP contribution in [0.2, 0.25) is 0 Å². The summed E-state index contributed by atoms with van der Waals surface area (Å²) in [6.45, 7) is 1.27. The first-order valence-corrected chi connectivity index (χ1v) is 13.4. The zero-order valence-electron chi connectivity index (χ0n) is 21.1. The molecule has 1 saturated carbocycles. The lowest BCUT2D eigenvalue weighted by atomic mass is 9.99. The van der Waals surface area contributed by atoms with Gasteiger partial charge in [-0.1, -0.05) is 0 Å². The van der Waals surface area contributed by atoms with E-state index >= 15 is 0 Å². The summed E-state index contributed by atoms with van der Waals surface area (Å²) < 4.78 is 0. The number of carbonyl (C=O) groups is 6. The minimum Gasteiger partial charge on any atom is -0.395 e. The highest BCUT2D eigenvalue weighted by Gasteiger charge is 2.41. The van der Waals surface area contributed by atoms with Crippen LogP contribution in [0.25, 0.3) is 0 Å². The highest BCUT2D eigenvalue weighted by Crippen LogP contribution is 2.31. The monoisotopic (exact) mass is 545 g/mol. The number of amides is 4. The Hall–Kier alpha value is -2.55. The largest absolute Gasteiger partial charge is 0.395 e. The molecule has 210 valence electrons. The van der Waals surface area contributed by atoms with E-state index in [2.05, 4.69) is 21.3 Å². The smallest absolute Gasteiger partial charge is 0.243 e. The number of carbonyl (C=O) groups excluding carboxylic acids is 6. The van der Waals surface area contributed by atoms with Crippen LogP contribution < -0.4 is 27.0 Å². The zero-order chi connectivity index (χ0) is 27.8. The summed E-state index contributed by atoms with van der Waals surface area (Å²) in [5.74, 6) is -3.37. The third-order valence-electron chi connectivity index (χ3n) is 5.67. The van der Waals surface area contributed by atoms with Gasteiger partial charge in [-0.25, -0.2) is 0 Å². The summed E-state index contributed by atoms with van der Waals surface area (Å²) in [7, 11) is 0. The minimum absolute atomic E-state index is 0.000446. The Bertz CT molecular complexity index is 812. The molecule has 0 spiro atoms. The molecule has 13 nitrogen and oxygen atoms in total. The van der Waals surface area contributed by atoms with Gasteiger partial charge in [0.25, 0.3) is 0 Å². The number of nitrogens with one attached hydrogen (secondary N) is 4. The van der Waals surface area contributed by atoms with Crippen molar-refractivity contribution < 1.29 is 39.0 Å². The molecule has 0 aromatic heterocycles. The molecular formula is C23H39N5O8S. The molecule has 4 unspecified atom stereocenters. The lowest BCUT2D eigenvalue weighted by Crippen LogP contribution is -2.48. The summed E-state index contributed by atoms with van der Waals surface area (Å²) in [5, 5.41) is 27.2. The van der Waals surface area contributed by atoms with Gasteiger partial charge in [-0.05, 0) is 32.2 Å². The maximum absolute atomic E-state index is 12.8. The molecule has 1 aliphatic carbocycles. The minimum atomic E-state index is -0.954. The first-order valence-electron chi connectivity index (χ1n) is 12.4. The van der Waals surface area contributed by atoms with Gasteiger partial charge in [0, 0.05) is 38.6 Å². The SMILES string of the molecule is CC(=O)NC(CSC1CC(=O)C(CCC(=O)NC(CCCCN)C(=O)NCCO)C1=O)C(=O)NCCO. The van der Waals surface area contributed by atoms with Gasteiger partial charge in [-0.3, -0.25) is 28.8 Å². The van der Waals surface area contributed by atoms with Crippen molar-refractivity contribution in [3.05, 3.63) is 0 Å². The van der Waals surface area contributed by atoms with Crippen molar-refractivity contribution in [2.75, 3.05) is 38.6 Å². The van der Waals surface area contributed by atoms with Crippen molar-refractivity contribution >= 4 is 47.0 Å². The average Bonchev–Trinajstić information content (AvgIpc) is 3.13. The van der Waals surface area contributed by atoms with Crippen LogP contribution in [0, 0.1) is 5.92 Å². The molecule has 1 aliphatic rings. The number of thioether (sulfide) groups is 1. The van der Waals surface area contributed by atoms with Crippen LogP contribution in [0.5, 0.6) is 0 Å². The molecule has 0 aliphatic heterocycles. The van der Waals surface area contributed by atoms with Crippen molar-refractivity contribution in [3.8, 4) is 0 Å². The summed E-state index contributed by atoms with van der Waals surface area (Å²) in [6.07, 6.45) is 1.49. The van der Waals surface area contributed by atoms with E-state index in [0.29, 0.717) is 25.8 Å². The number of nitrogens with two attached hydrogens (primary N) is 1. The van der Waals surface area contributed by atoms with Crippen molar-refractivity contribution in [1.82, 2.24) is 21.3 Å². The lowest BCUT2D eigenvalue weighted by molar-refractivity contribution is -0.130. The quantitative estimate of drug-likeness (QED) is 0.0701. The molecule has 8 N–H and O–H groups in total. The van der Waals surface area contributed by atoms with Gasteiger partial charge in [-0.2, -0.15) is 0 Å². The highest BCUT2D eigenvalue weighted by atomic mass is 32.2. The van der Waals surface area contributed by atoms with E-state index in [-0.39, 0.29) is 62.9 Å². The fourth-order valence-corrected chi connectivity index (χ4v) is 5.07. The fraction of sp³-hybridized carbons (Fsp3) is 0.739. The van der Waals surface area contributed by atoms with Gasteiger partial charge in [0.05, 0.1) is 24.4 Å². The van der Waals surface area contributed by atoms with E-state index in [1.807, 2.05) is 0 Å². The Balaban J connectivity index is 2.64. The Labute approximate surface area is 220 Å². The van der Waals surface area contributed by atoms with Gasteiger partial charge >= 0.3 is 0 Å². The van der Waals surface area contributed by atoms with Gasteiger partial charge in [-0.15, -0.1) is 11.8 Å². The molecule has 0 bridgehead atoms. The van der Waals surface area contributed by atoms with Crippen molar-refractivity contribution in [2.24, 2.45) is 11.7 Å². The Morgan fingerprint density at radius 1 is 1.00 bits per heavy atom. The van der Waals surface area contributed by atoms with Crippen LogP contribution in [-0.4, -0.2) is 101 Å². The lowest BCUT2D eigenvalue weighted by Gasteiger charge is -2.19. The Kier molecular flexibility index (Phi) is 15.6. The normalized spacial score (nSPS) is 18.7. The van der Waals surface area contributed by atoms with E-state index in [1.54, 1.807) is 0 Å². The number of rotatable bonds is 18. The maximum atomic E-state index is 12.8. The molecular weight excluding hydrogens is 506 g/mol. The number of Topliss-reactive ketones (excluding diaryl/α,β-unsaturated/α-hetero) is 2. The summed E-state index contributed by atoms with van der Waals surface area (Å²) in [4.78, 5) is 73.8. The highest BCUT2D eigenvalue weighted by molar-refractivity contribution is 8.00. The van der Waals surface area contributed by atoms with Crippen molar-refractivity contribution in [1.29, 1.82) is 0 Å². The number of hydrogen-bond donors (Lipinski definition) is 7. The zero-order valence-corrected chi connectivity index (χ0v) is 21.9. The number of unbranched alkanes of at least 4 members (excludes halogenated alkanes) is 1. The second-order valence-electron chi connectivity index (χ2n) is 8.67. The van der Waals surface area contributed by atoms with Crippen molar-refractivity contribution in [2.45, 2.75) is 62.8 Å². The van der Waals surface area contributed by atoms with Gasteiger partial charge in [0.1, 0.15) is 17.9 Å². The number of ketones is 2. The Morgan fingerprint density at radius 3 is 2.19 bits per heavy atom. The maximum Gasteiger partial charge on any atom is 0.243 e. The van der Waals surface area contributed by atoms with Crippen LogP contribution in [0.4, 0.5) is 0 Å². The van der Waals surface area contributed by atoms with Crippen LogP contribution in [0.1, 0.15) is 45.4 Å². The van der Waals surface area contributed by atoms with Gasteiger partial charge in [0.2, 0.25) is 23.6 Å². The second kappa shape index (κ2) is 17.8. The Morgan fingerprint density at radius 2 is 1.62 bits per heavy atom. The molecule has 0 aromatic rings. The predicted molar refractivity (Wildman–Crippen MR) is 136 cm³/mol. The summed E-state index contributed by atoms with van der Waals surface area (Å²) >= 11 is 1.09. The number of hydrogen-bond acceptors (Lipinski definition) is 10. The summed E-state index contributed by atoms with van der Waals surface area (Å²) in [6, 6.07) is -1.75. The summed E-state index contributed by atoms with van der Waals surface area (Å²) in [5.41, 5.74) is 5.49. The molecule has 4 amide bonds. The van der Waals surface area contributed by atoms with Crippen LogP contribution >= 0.6 is 11.8 Å². The van der Waals surface area contributed by atoms with Crippen LogP contribution in [-0.2, 0) is 28.8 Å².